The number of nitrogens with two attached hydrogens (primary N) is 1. The highest BCUT2D eigenvalue weighted by atomic mass is 15.2. The molecule has 3 heteroatoms. The Morgan fingerprint density at radius 1 is 1.50 bits per heavy atom. The van der Waals surface area contributed by atoms with E-state index in [2.05, 4.69) is 29.8 Å². The van der Waals surface area contributed by atoms with Crippen LogP contribution >= 0.6 is 0 Å². The highest BCUT2D eigenvalue weighted by Gasteiger charge is 2.29. The summed E-state index contributed by atoms with van der Waals surface area (Å²) in [5.74, 6) is 0.574. The van der Waals surface area contributed by atoms with Crippen molar-refractivity contribution in [3.63, 3.8) is 0 Å². The van der Waals surface area contributed by atoms with Crippen molar-refractivity contribution in [3.8, 4) is 0 Å². The van der Waals surface area contributed by atoms with Gasteiger partial charge in [-0.1, -0.05) is 13.0 Å². The second-order valence-corrected chi connectivity index (χ2v) is 4.88. The zero-order valence-electron chi connectivity index (χ0n) is 10.1. The molecule has 1 aliphatic rings. The minimum atomic E-state index is 0.361. The van der Waals surface area contributed by atoms with Crippen LogP contribution in [0.15, 0.2) is 24.5 Å². The van der Waals surface area contributed by atoms with Crippen LogP contribution in [0.2, 0.25) is 0 Å². The van der Waals surface area contributed by atoms with Gasteiger partial charge in [-0.25, -0.2) is 0 Å². The second-order valence-electron chi connectivity index (χ2n) is 4.88. The van der Waals surface area contributed by atoms with Gasteiger partial charge in [0.05, 0.1) is 0 Å². The lowest BCUT2D eigenvalue weighted by Gasteiger charge is -2.41. The standard InChI is InChI=1S/C13H21N3/c1-10-11(2)16(7-5-13(10)14)9-12-4-3-6-15-8-12/h3-4,6,8,10-11,13H,5,7,9,14H2,1-2H3. The quantitative estimate of drug-likeness (QED) is 0.822. The van der Waals surface area contributed by atoms with Crippen molar-refractivity contribution in [2.75, 3.05) is 6.54 Å². The summed E-state index contributed by atoms with van der Waals surface area (Å²) in [6.07, 6.45) is 4.87. The summed E-state index contributed by atoms with van der Waals surface area (Å²) < 4.78 is 0. The van der Waals surface area contributed by atoms with Crippen molar-refractivity contribution < 1.29 is 0 Å². The molecule has 1 aromatic heterocycles. The summed E-state index contributed by atoms with van der Waals surface area (Å²) in [4.78, 5) is 6.66. The van der Waals surface area contributed by atoms with Gasteiger partial charge in [-0.05, 0) is 30.9 Å². The van der Waals surface area contributed by atoms with Crippen molar-refractivity contribution >= 4 is 0 Å². The van der Waals surface area contributed by atoms with E-state index >= 15 is 0 Å². The summed E-state index contributed by atoms with van der Waals surface area (Å²) in [6, 6.07) is 5.06. The summed E-state index contributed by atoms with van der Waals surface area (Å²) in [6.45, 7) is 6.62. The average Bonchev–Trinajstić information content (AvgIpc) is 2.31. The van der Waals surface area contributed by atoms with Crippen LogP contribution in [-0.2, 0) is 6.54 Å². The third-order valence-electron chi connectivity index (χ3n) is 3.87. The minimum Gasteiger partial charge on any atom is -0.327 e. The van der Waals surface area contributed by atoms with E-state index in [1.54, 1.807) is 0 Å². The molecule has 3 nitrogen and oxygen atoms in total. The van der Waals surface area contributed by atoms with Crippen molar-refractivity contribution in [2.24, 2.45) is 11.7 Å². The Hall–Kier alpha value is -0.930. The summed E-state index contributed by atoms with van der Waals surface area (Å²) >= 11 is 0. The number of hydrogen-bond donors (Lipinski definition) is 1. The largest absolute Gasteiger partial charge is 0.327 e. The average molecular weight is 219 g/mol. The van der Waals surface area contributed by atoms with E-state index in [0.29, 0.717) is 18.0 Å². The Kier molecular flexibility index (Phi) is 3.56. The molecule has 16 heavy (non-hydrogen) atoms. The molecule has 0 amide bonds. The molecule has 2 rings (SSSR count). The predicted octanol–water partition coefficient (Wildman–Crippen LogP) is 1.64. The van der Waals surface area contributed by atoms with Gasteiger partial charge >= 0.3 is 0 Å². The van der Waals surface area contributed by atoms with E-state index in [-0.39, 0.29) is 0 Å². The normalized spacial score (nSPS) is 31.6. The summed E-state index contributed by atoms with van der Waals surface area (Å²) in [5.41, 5.74) is 7.37. The molecule has 1 saturated heterocycles. The zero-order chi connectivity index (χ0) is 11.5. The number of piperidine rings is 1. The maximum absolute atomic E-state index is 6.09. The van der Waals surface area contributed by atoms with Crippen LogP contribution in [-0.4, -0.2) is 28.5 Å². The molecule has 0 saturated carbocycles. The topological polar surface area (TPSA) is 42.1 Å². The van der Waals surface area contributed by atoms with E-state index in [0.717, 1.165) is 19.5 Å². The van der Waals surface area contributed by atoms with Crippen molar-refractivity contribution in [1.29, 1.82) is 0 Å². The van der Waals surface area contributed by atoms with E-state index in [9.17, 15) is 0 Å². The first-order chi connectivity index (χ1) is 7.68. The van der Waals surface area contributed by atoms with Crippen LogP contribution in [0.5, 0.6) is 0 Å². The van der Waals surface area contributed by atoms with Crippen LogP contribution in [0.1, 0.15) is 25.8 Å². The van der Waals surface area contributed by atoms with Gasteiger partial charge in [0.15, 0.2) is 0 Å². The zero-order valence-corrected chi connectivity index (χ0v) is 10.1. The van der Waals surface area contributed by atoms with Crippen LogP contribution in [0, 0.1) is 5.92 Å². The molecule has 1 aliphatic heterocycles. The number of hydrogen-bond acceptors (Lipinski definition) is 3. The first-order valence-corrected chi connectivity index (χ1v) is 6.07. The van der Waals surface area contributed by atoms with E-state index < -0.39 is 0 Å². The number of pyridine rings is 1. The molecule has 0 radical (unpaired) electrons. The molecular formula is C13H21N3. The van der Waals surface area contributed by atoms with Crippen molar-refractivity contribution in [2.45, 2.75) is 38.9 Å². The van der Waals surface area contributed by atoms with Gasteiger partial charge in [-0.2, -0.15) is 0 Å². The Labute approximate surface area is 97.7 Å². The molecule has 3 unspecified atom stereocenters. The number of rotatable bonds is 2. The van der Waals surface area contributed by atoms with Gasteiger partial charge in [0, 0.05) is 37.6 Å². The first-order valence-electron chi connectivity index (χ1n) is 6.07. The molecule has 0 aromatic carbocycles. The van der Waals surface area contributed by atoms with Gasteiger partial charge in [-0.15, -0.1) is 0 Å². The maximum Gasteiger partial charge on any atom is 0.0312 e. The molecule has 88 valence electrons. The minimum absolute atomic E-state index is 0.361. The number of aromatic nitrogens is 1. The van der Waals surface area contributed by atoms with Gasteiger partial charge in [-0.3, -0.25) is 9.88 Å². The second kappa shape index (κ2) is 4.93. The smallest absolute Gasteiger partial charge is 0.0312 e. The maximum atomic E-state index is 6.09. The fourth-order valence-corrected chi connectivity index (χ4v) is 2.42. The van der Waals surface area contributed by atoms with Crippen LogP contribution in [0.3, 0.4) is 0 Å². The lowest BCUT2D eigenvalue weighted by atomic mass is 9.87. The van der Waals surface area contributed by atoms with Crippen molar-refractivity contribution in [1.82, 2.24) is 9.88 Å². The first kappa shape index (κ1) is 11.6. The monoisotopic (exact) mass is 219 g/mol. The Morgan fingerprint density at radius 2 is 2.31 bits per heavy atom. The summed E-state index contributed by atoms with van der Waals surface area (Å²) in [5, 5.41) is 0. The molecule has 2 N–H and O–H groups in total. The molecular weight excluding hydrogens is 198 g/mol. The van der Waals surface area contributed by atoms with Gasteiger partial charge < -0.3 is 5.73 Å². The highest BCUT2D eigenvalue weighted by Crippen LogP contribution is 2.23. The lowest BCUT2D eigenvalue weighted by Crippen LogP contribution is -2.51. The Bertz CT molecular complexity index is 325. The van der Waals surface area contributed by atoms with Crippen LogP contribution in [0.25, 0.3) is 0 Å². The third kappa shape index (κ3) is 2.42. The summed E-state index contributed by atoms with van der Waals surface area (Å²) in [7, 11) is 0. The molecule has 2 heterocycles. The fraction of sp³-hybridized carbons (Fsp3) is 0.615. The van der Waals surface area contributed by atoms with E-state index in [1.165, 1.54) is 5.56 Å². The van der Waals surface area contributed by atoms with E-state index in [1.807, 2.05) is 18.5 Å². The molecule has 3 atom stereocenters. The fourth-order valence-electron chi connectivity index (χ4n) is 2.42. The molecule has 0 aliphatic carbocycles. The van der Waals surface area contributed by atoms with Gasteiger partial charge in [0.2, 0.25) is 0 Å². The Morgan fingerprint density at radius 3 is 3.00 bits per heavy atom. The predicted molar refractivity (Wildman–Crippen MR) is 65.9 cm³/mol. The SMILES string of the molecule is CC1C(N)CCN(Cc2cccnc2)C1C. The highest BCUT2D eigenvalue weighted by molar-refractivity contribution is 5.08. The molecule has 1 aromatic rings. The molecule has 0 spiro atoms. The van der Waals surface area contributed by atoms with Crippen molar-refractivity contribution in [3.05, 3.63) is 30.1 Å². The molecule has 1 fully saturated rings. The molecule has 0 bridgehead atoms. The third-order valence-corrected chi connectivity index (χ3v) is 3.87. The number of likely N-dealkylation sites (tertiary alicyclic amines) is 1. The van der Waals surface area contributed by atoms with Crippen LogP contribution < -0.4 is 5.73 Å². The van der Waals surface area contributed by atoms with Crippen LogP contribution in [0.4, 0.5) is 0 Å². The lowest BCUT2D eigenvalue weighted by molar-refractivity contribution is 0.0909. The van der Waals surface area contributed by atoms with E-state index in [4.69, 9.17) is 5.73 Å². The van der Waals surface area contributed by atoms with Gasteiger partial charge in [0.1, 0.15) is 0 Å². The van der Waals surface area contributed by atoms with Gasteiger partial charge in [0.25, 0.3) is 0 Å². The number of nitrogens with zero attached hydrogens (tertiary/aromatic N) is 2. The Balaban J connectivity index is 2.00.